The number of nitrogens with one attached hydrogen (secondary N) is 1. The van der Waals surface area contributed by atoms with E-state index in [9.17, 15) is 0 Å². The molecule has 2 aromatic heterocycles. The topological polar surface area (TPSA) is 50.9 Å². The Bertz CT molecular complexity index is 799. The number of hydrogen-bond acceptors (Lipinski definition) is 4. The van der Waals surface area contributed by atoms with Crippen molar-refractivity contribution in [3.8, 4) is 0 Å². The van der Waals surface area contributed by atoms with Gasteiger partial charge in [0.1, 0.15) is 5.82 Å². The van der Waals surface area contributed by atoms with Gasteiger partial charge < -0.3 is 10.2 Å². The lowest BCUT2D eigenvalue weighted by molar-refractivity contribution is 0.680. The summed E-state index contributed by atoms with van der Waals surface area (Å²) in [6.07, 6.45) is 3.79. The van der Waals surface area contributed by atoms with Gasteiger partial charge in [-0.1, -0.05) is 24.3 Å². The van der Waals surface area contributed by atoms with Gasteiger partial charge in [0, 0.05) is 52.2 Å². The Hall–Kier alpha value is -2.60. The van der Waals surface area contributed by atoms with Gasteiger partial charge in [-0.2, -0.15) is 10.2 Å². The Morgan fingerprint density at radius 3 is 2.44 bits per heavy atom. The Kier molecular flexibility index (Phi) is 5.19. The van der Waals surface area contributed by atoms with Crippen LogP contribution in [0.3, 0.4) is 0 Å². The van der Waals surface area contributed by atoms with Crippen molar-refractivity contribution in [3.63, 3.8) is 0 Å². The molecule has 0 aliphatic heterocycles. The number of aryl methyl sites for hydroxylation is 2. The van der Waals surface area contributed by atoms with Gasteiger partial charge in [-0.15, -0.1) is 0 Å². The van der Waals surface area contributed by atoms with Gasteiger partial charge >= 0.3 is 0 Å². The molecule has 0 amide bonds. The van der Waals surface area contributed by atoms with E-state index in [0.29, 0.717) is 0 Å². The van der Waals surface area contributed by atoms with E-state index in [1.807, 2.05) is 28.7 Å². The molecule has 1 aromatic carbocycles. The minimum Gasteiger partial charge on any atom is -0.363 e. The van der Waals surface area contributed by atoms with Gasteiger partial charge in [0.25, 0.3) is 0 Å². The molecule has 2 heterocycles. The van der Waals surface area contributed by atoms with Gasteiger partial charge in [0.15, 0.2) is 0 Å². The summed E-state index contributed by atoms with van der Waals surface area (Å²) in [4.78, 5) is 2.11. The summed E-state index contributed by atoms with van der Waals surface area (Å²) >= 11 is 0. The molecule has 132 valence electrons. The number of hydrogen-bond donors (Lipinski definition) is 1. The van der Waals surface area contributed by atoms with Crippen molar-refractivity contribution in [2.45, 2.75) is 26.6 Å². The van der Waals surface area contributed by atoms with Crippen LogP contribution >= 0.6 is 0 Å². The first-order chi connectivity index (χ1) is 12.0. The van der Waals surface area contributed by atoms with E-state index >= 15 is 0 Å². The van der Waals surface area contributed by atoms with Crippen LogP contribution in [0.2, 0.25) is 0 Å². The monoisotopic (exact) mass is 338 g/mol. The van der Waals surface area contributed by atoms with Crippen molar-refractivity contribution >= 4 is 5.82 Å². The molecule has 0 saturated carbocycles. The normalized spacial score (nSPS) is 11.0. The highest BCUT2D eigenvalue weighted by Gasteiger charge is 2.14. The second-order valence-electron chi connectivity index (χ2n) is 6.53. The summed E-state index contributed by atoms with van der Waals surface area (Å²) in [5.74, 6) is 1.15. The second-order valence-corrected chi connectivity index (χ2v) is 6.53. The van der Waals surface area contributed by atoms with Crippen LogP contribution in [0, 0.1) is 6.92 Å². The minimum absolute atomic E-state index is 0.807. The van der Waals surface area contributed by atoms with Crippen LogP contribution in [0.1, 0.15) is 22.4 Å². The zero-order valence-electron chi connectivity index (χ0n) is 15.4. The lowest BCUT2D eigenvalue weighted by Crippen LogP contribution is -2.18. The first-order valence-corrected chi connectivity index (χ1v) is 8.50. The number of benzene rings is 1. The van der Waals surface area contributed by atoms with Crippen molar-refractivity contribution in [3.05, 3.63) is 65.1 Å². The zero-order chi connectivity index (χ0) is 17.8. The highest BCUT2D eigenvalue weighted by atomic mass is 15.4. The number of aromatic nitrogens is 4. The summed E-state index contributed by atoms with van der Waals surface area (Å²) in [6.45, 7) is 4.52. The van der Waals surface area contributed by atoms with Crippen LogP contribution in [0.25, 0.3) is 0 Å². The van der Waals surface area contributed by atoms with E-state index in [2.05, 4.69) is 65.7 Å². The SMILES string of the molecule is Cc1nn(C)c(N(C)C)c1CNCc1ccc(Cn2cccn2)cc1. The molecular formula is C19H26N6. The van der Waals surface area contributed by atoms with Crippen LogP contribution in [-0.2, 0) is 26.7 Å². The van der Waals surface area contributed by atoms with Crippen molar-refractivity contribution in [1.29, 1.82) is 0 Å². The van der Waals surface area contributed by atoms with Crippen LogP contribution in [0.4, 0.5) is 5.82 Å². The van der Waals surface area contributed by atoms with Crippen LogP contribution in [0.15, 0.2) is 42.7 Å². The minimum atomic E-state index is 0.807. The molecule has 0 aliphatic rings. The van der Waals surface area contributed by atoms with E-state index in [1.54, 1.807) is 6.20 Å². The van der Waals surface area contributed by atoms with Crippen molar-refractivity contribution in [1.82, 2.24) is 24.9 Å². The Balaban J connectivity index is 1.57. The van der Waals surface area contributed by atoms with Gasteiger partial charge in [-0.3, -0.25) is 9.36 Å². The Morgan fingerprint density at radius 1 is 1.08 bits per heavy atom. The lowest BCUT2D eigenvalue weighted by atomic mass is 10.1. The van der Waals surface area contributed by atoms with Crippen molar-refractivity contribution in [2.75, 3.05) is 19.0 Å². The molecule has 3 rings (SSSR count). The third-order valence-corrected chi connectivity index (χ3v) is 4.29. The van der Waals surface area contributed by atoms with E-state index in [4.69, 9.17) is 0 Å². The summed E-state index contributed by atoms with van der Waals surface area (Å²) in [5.41, 5.74) is 4.86. The van der Waals surface area contributed by atoms with Crippen molar-refractivity contribution in [2.24, 2.45) is 7.05 Å². The summed E-state index contributed by atoms with van der Waals surface area (Å²) in [7, 11) is 6.10. The number of nitrogens with zero attached hydrogens (tertiary/aromatic N) is 5. The maximum Gasteiger partial charge on any atom is 0.130 e. The van der Waals surface area contributed by atoms with E-state index < -0.39 is 0 Å². The molecule has 6 heteroatoms. The number of rotatable bonds is 7. The Labute approximate surface area is 149 Å². The van der Waals surface area contributed by atoms with Crippen molar-refractivity contribution < 1.29 is 0 Å². The third-order valence-electron chi connectivity index (χ3n) is 4.29. The summed E-state index contributed by atoms with van der Waals surface area (Å²) in [5, 5.41) is 12.3. The van der Waals surface area contributed by atoms with Gasteiger partial charge in [0.2, 0.25) is 0 Å². The van der Waals surface area contributed by atoms with Crippen LogP contribution in [-0.4, -0.2) is 33.7 Å². The molecule has 0 spiro atoms. The molecule has 0 aliphatic carbocycles. The molecular weight excluding hydrogens is 312 g/mol. The molecule has 0 fully saturated rings. The third kappa shape index (κ3) is 4.09. The fraction of sp³-hybridized carbons (Fsp3) is 0.368. The molecule has 1 N–H and O–H groups in total. The van der Waals surface area contributed by atoms with Gasteiger partial charge in [-0.05, 0) is 24.1 Å². The van der Waals surface area contributed by atoms with E-state index in [-0.39, 0.29) is 0 Å². The predicted molar refractivity (Wildman–Crippen MR) is 101 cm³/mol. The van der Waals surface area contributed by atoms with Crippen LogP contribution < -0.4 is 10.2 Å². The lowest BCUT2D eigenvalue weighted by Gasteiger charge is -2.15. The average molecular weight is 338 g/mol. The fourth-order valence-corrected chi connectivity index (χ4v) is 3.13. The van der Waals surface area contributed by atoms with Crippen LogP contribution in [0.5, 0.6) is 0 Å². The molecule has 0 radical (unpaired) electrons. The quantitative estimate of drug-likeness (QED) is 0.718. The molecule has 3 aromatic rings. The first kappa shape index (κ1) is 17.2. The number of anilines is 1. The zero-order valence-corrected chi connectivity index (χ0v) is 15.4. The molecule has 0 unspecified atom stereocenters. The Morgan fingerprint density at radius 2 is 1.80 bits per heavy atom. The fourth-order valence-electron chi connectivity index (χ4n) is 3.13. The summed E-state index contributed by atoms with van der Waals surface area (Å²) in [6, 6.07) is 10.6. The smallest absolute Gasteiger partial charge is 0.130 e. The largest absolute Gasteiger partial charge is 0.363 e. The molecule has 6 nitrogen and oxygen atoms in total. The van der Waals surface area contributed by atoms with E-state index in [0.717, 1.165) is 31.1 Å². The molecule has 0 saturated heterocycles. The highest BCUT2D eigenvalue weighted by Crippen LogP contribution is 2.21. The first-order valence-electron chi connectivity index (χ1n) is 8.50. The highest BCUT2D eigenvalue weighted by molar-refractivity contribution is 5.48. The average Bonchev–Trinajstić information content (AvgIpc) is 3.17. The van der Waals surface area contributed by atoms with Gasteiger partial charge in [-0.25, -0.2) is 0 Å². The van der Waals surface area contributed by atoms with E-state index in [1.165, 1.54) is 16.7 Å². The van der Waals surface area contributed by atoms with Gasteiger partial charge in [0.05, 0.1) is 12.2 Å². The molecule has 0 atom stereocenters. The maximum atomic E-state index is 4.53. The predicted octanol–water partition coefficient (Wildman–Crippen LogP) is 2.33. The standard InChI is InChI=1S/C19H26N6/c1-15-18(19(23(2)3)24(4)22-15)13-20-12-16-6-8-17(9-7-16)14-25-11-5-10-21-25/h5-11,20H,12-14H2,1-4H3. The summed E-state index contributed by atoms with van der Waals surface area (Å²) < 4.78 is 3.87. The maximum absolute atomic E-state index is 4.53. The second kappa shape index (κ2) is 7.53. The molecule has 25 heavy (non-hydrogen) atoms. The molecule has 0 bridgehead atoms.